The van der Waals surface area contributed by atoms with E-state index in [1.54, 1.807) is 0 Å². The van der Waals surface area contributed by atoms with Gasteiger partial charge in [-0.15, -0.1) is 0 Å². The predicted molar refractivity (Wildman–Crippen MR) is 79.4 cm³/mol. The van der Waals surface area contributed by atoms with Crippen molar-refractivity contribution in [3.8, 4) is 0 Å². The average molecular weight is 287 g/mol. The largest absolute Gasteiger partial charge is 0.384 e. The van der Waals surface area contributed by atoms with Crippen molar-refractivity contribution < 1.29 is 9.50 Å². The number of fused-ring (bicyclic) bond motifs is 1. The third-order valence-electron chi connectivity index (χ3n) is 3.35. The second-order valence-electron chi connectivity index (χ2n) is 4.67. The summed E-state index contributed by atoms with van der Waals surface area (Å²) >= 11 is 5.99. The molecule has 3 aromatic rings. The zero-order chi connectivity index (χ0) is 14.1. The Morgan fingerprint density at radius 3 is 2.40 bits per heavy atom. The van der Waals surface area contributed by atoms with Crippen molar-refractivity contribution in [3.05, 3.63) is 82.6 Å². The lowest BCUT2D eigenvalue weighted by molar-refractivity contribution is 0.220. The predicted octanol–water partition coefficient (Wildman–Crippen LogP) is 4.71. The summed E-state index contributed by atoms with van der Waals surface area (Å²) in [5.74, 6) is -0.413. The molecule has 1 nitrogen and oxygen atoms in total. The smallest absolute Gasteiger partial charge is 0.124 e. The molecule has 100 valence electrons. The van der Waals surface area contributed by atoms with Gasteiger partial charge in [-0.1, -0.05) is 54.1 Å². The number of aliphatic hydroxyl groups excluding tert-OH is 1. The van der Waals surface area contributed by atoms with Crippen molar-refractivity contribution in [3.63, 3.8) is 0 Å². The molecule has 3 aromatic carbocycles. The highest BCUT2D eigenvalue weighted by Crippen LogP contribution is 2.30. The average Bonchev–Trinajstić information content (AvgIpc) is 2.46. The van der Waals surface area contributed by atoms with E-state index in [0.29, 0.717) is 5.56 Å². The maximum atomic E-state index is 13.1. The summed E-state index contributed by atoms with van der Waals surface area (Å²) in [5, 5.41) is 12.8. The molecule has 1 unspecified atom stereocenters. The zero-order valence-corrected chi connectivity index (χ0v) is 11.3. The van der Waals surface area contributed by atoms with Crippen molar-refractivity contribution in [2.75, 3.05) is 0 Å². The van der Waals surface area contributed by atoms with Crippen LogP contribution in [-0.4, -0.2) is 5.11 Å². The molecular weight excluding hydrogens is 275 g/mol. The molecule has 0 radical (unpaired) electrons. The Morgan fingerprint density at radius 2 is 1.65 bits per heavy atom. The first-order chi connectivity index (χ1) is 9.65. The van der Waals surface area contributed by atoms with Crippen molar-refractivity contribution >= 4 is 22.4 Å². The standard InChI is InChI=1S/C17H12ClFO/c18-16-10-14(19)7-8-15(16)17(20)13-6-5-11-3-1-2-4-12(11)9-13/h1-10,17,20H. The lowest BCUT2D eigenvalue weighted by Crippen LogP contribution is -2.00. The first-order valence-electron chi connectivity index (χ1n) is 6.27. The van der Waals surface area contributed by atoms with Gasteiger partial charge in [-0.3, -0.25) is 0 Å². The van der Waals surface area contributed by atoms with Crippen LogP contribution in [0.4, 0.5) is 4.39 Å². The molecule has 0 spiro atoms. The van der Waals surface area contributed by atoms with E-state index in [1.807, 2.05) is 42.5 Å². The van der Waals surface area contributed by atoms with E-state index in [4.69, 9.17) is 11.6 Å². The summed E-state index contributed by atoms with van der Waals surface area (Å²) in [6.45, 7) is 0. The molecule has 1 atom stereocenters. The summed E-state index contributed by atoms with van der Waals surface area (Å²) in [6, 6.07) is 17.6. The monoisotopic (exact) mass is 286 g/mol. The van der Waals surface area contributed by atoms with Crippen LogP contribution in [0.25, 0.3) is 10.8 Å². The van der Waals surface area contributed by atoms with Crippen LogP contribution in [0.15, 0.2) is 60.7 Å². The van der Waals surface area contributed by atoms with Crippen LogP contribution in [0.3, 0.4) is 0 Å². The molecule has 20 heavy (non-hydrogen) atoms. The quantitative estimate of drug-likeness (QED) is 0.723. The van der Waals surface area contributed by atoms with Gasteiger partial charge < -0.3 is 5.11 Å². The fourth-order valence-corrected chi connectivity index (χ4v) is 2.55. The number of rotatable bonds is 2. The summed E-state index contributed by atoms with van der Waals surface area (Å²) in [7, 11) is 0. The Hall–Kier alpha value is -1.90. The van der Waals surface area contributed by atoms with Gasteiger partial charge in [-0.2, -0.15) is 0 Å². The van der Waals surface area contributed by atoms with Crippen LogP contribution in [0.2, 0.25) is 5.02 Å². The number of benzene rings is 3. The van der Waals surface area contributed by atoms with E-state index >= 15 is 0 Å². The maximum Gasteiger partial charge on any atom is 0.124 e. The molecule has 0 saturated carbocycles. The highest BCUT2D eigenvalue weighted by atomic mass is 35.5. The second kappa shape index (κ2) is 5.23. The number of halogens is 2. The number of hydrogen-bond acceptors (Lipinski definition) is 1. The molecule has 0 aliphatic heterocycles. The van der Waals surface area contributed by atoms with Gasteiger partial charge in [0.25, 0.3) is 0 Å². The van der Waals surface area contributed by atoms with Crippen molar-refractivity contribution in [2.24, 2.45) is 0 Å². The minimum absolute atomic E-state index is 0.227. The third kappa shape index (κ3) is 2.40. The molecule has 0 aromatic heterocycles. The Kier molecular flexibility index (Phi) is 3.43. The topological polar surface area (TPSA) is 20.2 Å². The van der Waals surface area contributed by atoms with Crippen LogP contribution >= 0.6 is 11.6 Å². The molecule has 1 N–H and O–H groups in total. The second-order valence-corrected chi connectivity index (χ2v) is 5.08. The molecule has 0 fully saturated rings. The summed E-state index contributed by atoms with van der Waals surface area (Å²) in [5.41, 5.74) is 1.24. The molecule has 0 aliphatic carbocycles. The van der Waals surface area contributed by atoms with E-state index in [9.17, 15) is 9.50 Å². The zero-order valence-electron chi connectivity index (χ0n) is 10.6. The van der Waals surface area contributed by atoms with E-state index in [-0.39, 0.29) is 5.02 Å². The molecular formula is C17H12ClFO. The Morgan fingerprint density at radius 1 is 0.900 bits per heavy atom. The molecule has 0 heterocycles. The summed E-state index contributed by atoms with van der Waals surface area (Å²) < 4.78 is 13.1. The Balaban J connectivity index is 2.05. The van der Waals surface area contributed by atoms with Gasteiger partial charge in [0.2, 0.25) is 0 Å². The highest BCUT2D eigenvalue weighted by Gasteiger charge is 2.14. The first kappa shape index (κ1) is 13.1. The number of hydrogen-bond donors (Lipinski definition) is 1. The SMILES string of the molecule is OC(c1ccc2ccccc2c1)c1ccc(F)cc1Cl. The molecule has 3 rings (SSSR count). The Bertz CT molecular complexity index is 770. The molecule has 0 saturated heterocycles. The van der Waals surface area contributed by atoms with Crippen LogP contribution in [0.5, 0.6) is 0 Å². The van der Waals surface area contributed by atoms with Gasteiger partial charge in [0, 0.05) is 10.6 Å². The molecule has 0 bridgehead atoms. The van der Waals surface area contributed by atoms with E-state index < -0.39 is 11.9 Å². The fourth-order valence-electron chi connectivity index (χ4n) is 2.28. The molecule has 0 aliphatic rings. The summed E-state index contributed by atoms with van der Waals surface area (Å²) in [6.07, 6.45) is -0.868. The fraction of sp³-hybridized carbons (Fsp3) is 0.0588. The van der Waals surface area contributed by atoms with Crippen LogP contribution in [-0.2, 0) is 0 Å². The maximum absolute atomic E-state index is 13.1. The first-order valence-corrected chi connectivity index (χ1v) is 6.64. The third-order valence-corrected chi connectivity index (χ3v) is 3.67. The van der Waals surface area contributed by atoms with Gasteiger partial charge in [0.05, 0.1) is 0 Å². The summed E-state index contributed by atoms with van der Waals surface area (Å²) in [4.78, 5) is 0. The van der Waals surface area contributed by atoms with Gasteiger partial charge in [0.1, 0.15) is 11.9 Å². The molecule has 3 heteroatoms. The van der Waals surface area contributed by atoms with Crippen LogP contribution < -0.4 is 0 Å². The van der Waals surface area contributed by atoms with E-state index in [0.717, 1.165) is 16.3 Å². The van der Waals surface area contributed by atoms with Crippen molar-refractivity contribution in [2.45, 2.75) is 6.10 Å². The van der Waals surface area contributed by atoms with Gasteiger partial charge in [0.15, 0.2) is 0 Å². The van der Waals surface area contributed by atoms with Gasteiger partial charge >= 0.3 is 0 Å². The van der Waals surface area contributed by atoms with Crippen LogP contribution in [0, 0.1) is 5.82 Å². The highest BCUT2D eigenvalue weighted by molar-refractivity contribution is 6.31. The minimum Gasteiger partial charge on any atom is -0.384 e. The lowest BCUT2D eigenvalue weighted by Gasteiger charge is -2.14. The normalized spacial score (nSPS) is 12.6. The van der Waals surface area contributed by atoms with Gasteiger partial charge in [-0.25, -0.2) is 4.39 Å². The lowest BCUT2D eigenvalue weighted by atomic mass is 9.98. The van der Waals surface area contributed by atoms with E-state index in [2.05, 4.69) is 0 Å². The van der Waals surface area contributed by atoms with Crippen molar-refractivity contribution in [1.82, 2.24) is 0 Å². The van der Waals surface area contributed by atoms with Crippen molar-refractivity contribution in [1.29, 1.82) is 0 Å². The van der Waals surface area contributed by atoms with Gasteiger partial charge in [-0.05, 0) is 34.5 Å². The minimum atomic E-state index is -0.868. The number of aliphatic hydroxyl groups is 1. The molecule has 0 amide bonds. The van der Waals surface area contributed by atoms with E-state index in [1.165, 1.54) is 18.2 Å². The Labute approximate surface area is 121 Å². The van der Waals surface area contributed by atoms with Crippen LogP contribution in [0.1, 0.15) is 17.2 Å².